The molecule has 0 heterocycles. The lowest BCUT2D eigenvalue weighted by molar-refractivity contribution is -0.143. The fraction of sp³-hybridized carbons (Fsp3) is 0.318. The highest BCUT2D eigenvalue weighted by atomic mass is 79.9. The molecule has 1 amide bonds. The first-order valence-electron chi connectivity index (χ1n) is 9.04. The number of alkyl carbamates (subject to hydrolysis) is 1. The van der Waals surface area contributed by atoms with Crippen LogP contribution >= 0.6 is 15.9 Å². The van der Waals surface area contributed by atoms with Crippen LogP contribution in [-0.4, -0.2) is 37.1 Å². The molecule has 2 aromatic rings. The van der Waals surface area contributed by atoms with Crippen molar-refractivity contribution in [2.75, 3.05) is 7.11 Å². The van der Waals surface area contributed by atoms with E-state index in [0.29, 0.717) is 5.56 Å². The number of hydrogen-bond acceptors (Lipinski definition) is 5. The molecule has 0 aliphatic carbocycles. The topological polar surface area (TPSA) is 81.7 Å². The van der Waals surface area contributed by atoms with Crippen LogP contribution in [0.3, 0.4) is 0 Å². The van der Waals surface area contributed by atoms with E-state index >= 15 is 0 Å². The third kappa shape index (κ3) is 6.71. The van der Waals surface area contributed by atoms with Crippen molar-refractivity contribution in [1.82, 2.24) is 5.32 Å². The molecule has 0 radical (unpaired) electrons. The zero-order valence-corrected chi connectivity index (χ0v) is 18.4. The lowest BCUT2D eigenvalue weighted by Gasteiger charge is -2.22. The Kier molecular flexibility index (Phi) is 7.56. The summed E-state index contributed by atoms with van der Waals surface area (Å²) in [7, 11) is 1.27. The van der Waals surface area contributed by atoms with Gasteiger partial charge in [-0.15, -0.1) is 0 Å². The van der Waals surface area contributed by atoms with Gasteiger partial charge in [0.05, 0.1) is 7.11 Å². The van der Waals surface area contributed by atoms with Crippen LogP contribution in [0.1, 0.15) is 36.7 Å². The second-order valence-corrected chi connectivity index (χ2v) is 8.33. The van der Waals surface area contributed by atoms with Crippen molar-refractivity contribution >= 4 is 34.3 Å². The molecule has 0 saturated carbocycles. The second-order valence-electron chi connectivity index (χ2n) is 7.48. The van der Waals surface area contributed by atoms with Gasteiger partial charge in [0.15, 0.2) is 6.29 Å². The molecule has 0 unspecified atom stereocenters. The third-order valence-corrected chi connectivity index (χ3v) is 4.75. The number of amides is 1. The molecule has 2 rings (SSSR count). The number of hydrogen-bond donors (Lipinski definition) is 1. The molecule has 2 aromatic carbocycles. The summed E-state index contributed by atoms with van der Waals surface area (Å²) < 4.78 is 10.8. The van der Waals surface area contributed by atoms with Gasteiger partial charge >= 0.3 is 12.1 Å². The minimum absolute atomic E-state index is 0.256. The van der Waals surface area contributed by atoms with E-state index in [2.05, 4.69) is 21.2 Å². The Morgan fingerprint density at radius 3 is 2.28 bits per heavy atom. The third-order valence-electron chi connectivity index (χ3n) is 4.03. The fourth-order valence-electron chi connectivity index (χ4n) is 2.67. The van der Waals surface area contributed by atoms with Gasteiger partial charge in [-0.3, -0.25) is 4.79 Å². The zero-order valence-electron chi connectivity index (χ0n) is 16.8. The number of halogens is 1. The van der Waals surface area contributed by atoms with Crippen LogP contribution in [0.15, 0.2) is 46.9 Å². The number of benzene rings is 2. The summed E-state index contributed by atoms with van der Waals surface area (Å²) >= 11 is 3.34. The first-order chi connectivity index (χ1) is 13.6. The highest BCUT2D eigenvalue weighted by Gasteiger charge is 2.25. The molecule has 0 spiro atoms. The van der Waals surface area contributed by atoms with E-state index in [4.69, 9.17) is 9.47 Å². The van der Waals surface area contributed by atoms with E-state index in [1.165, 1.54) is 7.11 Å². The molecular weight excluding hydrogens is 438 g/mol. The standard InChI is InChI=1S/C22H24BrNO5/c1-22(2,3)29-21(27)24-19(20(26)28-4)11-14-5-7-15(8-6-14)16-9-10-18(23)17(12-16)13-25/h5-10,12-13,19H,11H2,1-4H3,(H,24,27)/t19-/m0/s1. The van der Waals surface area contributed by atoms with Crippen molar-refractivity contribution in [3.8, 4) is 11.1 Å². The van der Waals surface area contributed by atoms with Crippen molar-refractivity contribution in [2.24, 2.45) is 0 Å². The number of nitrogens with one attached hydrogen (secondary N) is 1. The first kappa shape index (κ1) is 22.6. The molecular formula is C22H24BrNO5. The van der Waals surface area contributed by atoms with E-state index < -0.39 is 23.7 Å². The predicted molar refractivity (Wildman–Crippen MR) is 114 cm³/mol. The highest BCUT2D eigenvalue weighted by molar-refractivity contribution is 9.10. The van der Waals surface area contributed by atoms with Crippen molar-refractivity contribution in [1.29, 1.82) is 0 Å². The molecule has 0 bridgehead atoms. The maximum Gasteiger partial charge on any atom is 0.408 e. The zero-order chi connectivity index (χ0) is 21.6. The summed E-state index contributed by atoms with van der Waals surface area (Å²) in [4.78, 5) is 35.2. The smallest absolute Gasteiger partial charge is 0.408 e. The summed E-state index contributed by atoms with van der Waals surface area (Å²) in [5.41, 5.74) is 2.57. The number of methoxy groups -OCH3 is 1. The maximum absolute atomic E-state index is 12.1. The van der Waals surface area contributed by atoms with Crippen LogP contribution in [0.4, 0.5) is 4.79 Å². The Labute approximate surface area is 178 Å². The number of carbonyl (C=O) groups is 3. The Morgan fingerprint density at radius 2 is 1.72 bits per heavy atom. The molecule has 7 heteroatoms. The van der Waals surface area contributed by atoms with E-state index in [1.54, 1.807) is 26.8 Å². The lowest BCUT2D eigenvalue weighted by atomic mass is 9.99. The van der Waals surface area contributed by atoms with Crippen molar-refractivity contribution < 1.29 is 23.9 Å². The van der Waals surface area contributed by atoms with Gasteiger partial charge in [0.1, 0.15) is 11.6 Å². The van der Waals surface area contributed by atoms with Crippen LogP contribution in [0.2, 0.25) is 0 Å². The molecule has 1 atom stereocenters. The van der Waals surface area contributed by atoms with Gasteiger partial charge in [-0.1, -0.05) is 46.3 Å². The van der Waals surface area contributed by atoms with Crippen LogP contribution in [0, 0.1) is 0 Å². The van der Waals surface area contributed by atoms with Gasteiger partial charge in [-0.25, -0.2) is 9.59 Å². The number of carbonyl (C=O) groups excluding carboxylic acids is 3. The van der Waals surface area contributed by atoms with Crippen LogP contribution in [-0.2, 0) is 20.7 Å². The summed E-state index contributed by atoms with van der Waals surface area (Å²) in [6, 6.07) is 12.2. The molecule has 0 saturated heterocycles. The summed E-state index contributed by atoms with van der Waals surface area (Å²) in [6.07, 6.45) is 0.373. The summed E-state index contributed by atoms with van der Waals surface area (Å²) in [5, 5.41) is 2.56. The molecule has 6 nitrogen and oxygen atoms in total. The lowest BCUT2D eigenvalue weighted by Crippen LogP contribution is -2.45. The summed E-state index contributed by atoms with van der Waals surface area (Å²) in [6.45, 7) is 5.24. The number of esters is 1. The predicted octanol–water partition coefficient (Wildman–Crippen LogP) is 4.54. The molecule has 0 aliphatic rings. The molecule has 29 heavy (non-hydrogen) atoms. The molecule has 154 valence electrons. The Hall–Kier alpha value is -2.67. The molecule has 1 N–H and O–H groups in total. The minimum atomic E-state index is -0.866. The van der Waals surface area contributed by atoms with Crippen molar-refractivity contribution in [2.45, 2.75) is 38.8 Å². The van der Waals surface area contributed by atoms with Gasteiger partial charge in [0.25, 0.3) is 0 Å². The van der Waals surface area contributed by atoms with Gasteiger partial charge in [0.2, 0.25) is 0 Å². The van der Waals surface area contributed by atoms with Crippen LogP contribution in [0.5, 0.6) is 0 Å². The van der Waals surface area contributed by atoms with E-state index in [-0.39, 0.29) is 6.42 Å². The number of ether oxygens (including phenoxy) is 2. The van der Waals surface area contributed by atoms with Gasteiger partial charge < -0.3 is 14.8 Å². The van der Waals surface area contributed by atoms with E-state index in [1.807, 2.05) is 36.4 Å². The normalized spacial score (nSPS) is 12.0. The van der Waals surface area contributed by atoms with Gasteiger partial charge in [-0.05, 0) is 49.6 Å². The van der Waals surface area contributed by atoms with Gasteiger partial charge in [-0.2, -0.15) is 0 Å². The Balaban J connectivity index is 2.15. The largest absolute Gasteiger partial charge is 0.467 e. The van der Waals surface area contributed by atoms with Crippen molar-refractivity contribution in [3.63, 3.8) is 0 Å². The van der Waals surface area contributed by atoms with Crippen LogP contribution in [0.25, 0.3) is 11.1 Å². The first-order valence-corrected chi connectivity index (χ1v) is 9.83. The van der Waals surface area contributed by atoms with E-state index in [9.17, 15) is 14.4 Å². The maximum atomic E-state index is 12.1. The Morgan fingerprint density at radius 1 is 1.10 bits per heavy atom. The second kappa shape index (κ2) is 9.69. The molecule has 0 aromatic heterocycles. The average Bonchev–Trinajstić information content (AvgIpc) is 2.66. The quantitative estimate of drug-likeness (QED) is 0.504. The summed E-state index contributed by atoms with van der Waals surface area (Å²) in [5.74, 6) is -0.552. The number of rotatable bonds is 6. The average molecular weight is 462 g/mol. The molecule has 0 fully saturated rings. The fourth-order valence-corrected chi connectivity index (χ4v) is 3.01. The monoisotopic (exact) mass is 461 g/mol. The highest BCUT2D eigenvalue weighted by Crippen LogP contribution is 2.25. The Bertz CT molecular complexity index is 887. The SMILES string of the molecule is COC(=O)[C@H](Cc1ccc(-c2ccc(Br)c(C=O)c2)cc1)NC(=O)OC(C)(C)C. The van der Waals surface area contributed by atoms with Crippen molar-refractivity contribution in [3.05, 3.63) is 58.1 Å². The minimum Gasteiger partial charge on any atom is -0.467 e. The number of aldehydes is 1. The van der Waals surface area contributed by atoms with Crippen LogP contribution < -0.4 is 5.32 Å². The van der Waals surface area contributed by atoms with E-state index in [0.717, 1.165) is 27.4 Å². The molecule has 0 aliphatic heterocycles. The van der Waals surface area contributed by atoms with Gasteiger partial charge in [0, 0.05) is 16.5 Å².